The molecule has 0 saturated carbocycles. The highest BCUT2D eigenvalue weighted by Crippen LogP contribution is 2.32. The van der Waals surface area contributed by atoms with E-state index >= 15 is 0 Å². The summed E-state index contributed by atoms with van der Waals surface area (Å²) in [6, 6.07) is 13.4. The first-order valence-corrected chi connectivity index (χ1v) is 7.59. The molecule has 3 rings (SSSR count). The zero-order valence-corrected chi connectivity index (χ0v) is 13.6. The minimum atomic E-state index is -4.36. The predicted molar refractivity (Wildman–Crippen MR) is 86.0 cm³/mol. The van der Waals surface area contributed by atoms with Crippen LogP contribution in [0.3, 0.4) is 0 Å². The molecule has 1 radical (unpaired) electrons. The number of aryl methyl sites for hydroxylation is 1. The average molecular weight is 346 g/mol. The van der Waals surface area contributed by atoms with Gasteiger partial charge >= 0.3 is 6.18 Å². The fourth-order valence-electron chi connectivity index (χ4n) is 2.37. The maximum atomic E-state index is 12.6. The number of nitrogens with zero attached hydrogens (tertiary/aromatic N) is 1. The van der Waals surface area contributed by atoms with Gasteiger partial charge in [0, 0.05) is 17.2 Å². The van der Waals surface area contributed by atoms with Crippen molar-refractivity contribution >= 4 is 0 Å². The van der Waals surface area contributed by atoms with Crippen LogP contribution in [0.25, 0.3) is 11.3 Å². The van der Waals surface area contributed by atoms with Crippen LogP contribution in [-0.2, 0) is 12.8 Å². The SMILES string of the molecule is Cc1[c]c(OCc2noc(-c3ccc(C(F)(F)F)cc3)c2C)ccc1. The van der Waals surface area contributed by atoms with E-state index in [0.29, 0.717) is 22.8 Å². The molecule has 1 aromatic heterocycles. The molecule has 0 aliphatic carbocycles. The highest BCUT2D eigenvalue weighted by atomic mass is 19.4. The quantitative estimate of drug-likeness (QED) is 0.638. The van der Waals surface area contributed by atoms with Crippen LogP contribution in [0.15, 0.2) is 47.0 Å². The van der Waals surface area contributed by atoms with Gasteiger partial charge in [0.25, 0.3) is 0 Å². The van der Waals surface area contributed by atoms with Crippen LogP contribution >= 0.6 is 0 Å². The highest BCUT2D eigenvalue weighted by Gasteiger charge is 2.30. The number of alkyl halides is 3. The Morgan fingerprint density at radius 1 is 1.08 bits per heavy atom. The van der Waals surface area contributed by atoms with Gasteiger partial charge in [-0.3, -0.25) is 0 Å². The number of aromatic nitrogens is 1. The number of hydrogen-bond acceptors (Lipinski definition) is 3. The van der Waals surface area contributed by atoms with Crippen LogP contribution in [0.4, 0.5) is 13.2 Å². The van der Waals surface area contributed by atoms with Crippen molar-refractivity contribution in [2.24, 2.45) is 0 Å². The Balaban J connectivity index is 1.77. The van der Waals surface area contributed by atoms with E-state index in [1.54, 1.807) is 13.0 Å². The second-order valence-electron chi connectivity index (χ2n) is 5.65. The fourth-order valence-corrected chi connectivity index (χ4v) is 2.37. The largest absolute Gasteiger partial charge is 0.486 e. The fraction of sp³-hybridized carbons (Fsp3) is 0.211. The van der Waals surface area contributed by atoms with Crippen molar-refractivity contribution < 1.29 is 22.4 Å². The molecular formula is C19H15F3NO2. The summed E-state index contributed by atoms with van der Waals surface area (Å²) >= 11 is 0. The van der Waals surface area contributed by atoms with Crippen molar-refractivity contribution in [2.45, 2.75) is 26.6 Å². The molecule has 0 amide bonds. The molecule has 6 heteroatoms. The molecule has 1 heterocycles. The number of benzene rings is 2. The van der Waals surface area contributed by atoms with Gasteiger partial charge in [0.05, 0.1) is 5.56 Å². The van der Waals surface area contributed by atoms with Crippen LogP contribution in [0.1, 0.15) is 22.4 Å². The van der Waals surface area contributed by atoms with Gasteiger partial charge in [0.1, 0.15) is 18.1 Å². The summed E-state index contributed by atoms with van der Waals surface area (Å²) in [4.78, 5) is 0. The lowest BCUT2D eigenvalue weighted by atomic mass is 10.1. The van der Waals surface area contributed by atoms with E-state index in [2.05, 4.69) is 11.2 Å². The maximum absolute atomic E-state index is 12.6. The first-order valence-electron chi connectivity index (χ1n) is 7.59. The second kappa shape index (κ2) is 6.63. The standard InChI is InChI=1S/C19H15F3NO2/c1-12-4-3-5-16(10-12)24-11-17-13(2)18(25-23-17)14-6-8-15(9-7-14)19(20,21)22/h3-9H,11H2,1-2H3. The Kier molecular flexibility index (Phi) is 4.53. The van der Waals surface area contributed by atoms with Crippen LogP contribution < -0.4 is 4.74 Å². The molecule has 0 aliphatic heterocycles. The van der Waals surface area contributed by atoms with Crippen LogP contribution in [0.5, 0.6) is 5.75 Å². The van der Waals surface area contributed by atoms with Crippen LogP contribution in [0.2, 0.25) is 0 Å². The number of hydrogen-bond donors (Lipinski definition) is 0. The zero-order chi connectivity index (χ0) is 18.0. The number of rotatable bonds is 4. The predicted octanol–water partition coefficient (Wildman–Crippen LogP) is 5.36. The zero-order valence-electron chi connectivity index (χ0n) is 13.6. The summed E-state index contributed by atoms with van der Waals surface area (Å²) in [5, 5.41) is 3.96. The first-order chi connectivity index (χ1) is 11.8. The van der Waals surface area contributed by atoms with Crippen molar-refractivity contribution in [1.82, 2.24) is 5.16 Å². The minimum Gasteiger partial charge on any atom is -0.486 e. The third-order valence-electron chi connectivity index (χ3n) is 3.77. The Bertz CT molecular complexity index is 867. The normalized spacial score (nSPS) is 11.6. The van der Waals surface area contributed by atoms with E-state index in [1.807, 2.05) is 19.1 Å². The van der Waals surface area contributed by atoms with Crippen molar-refractivity contribution in [3.8, 4) is 17.1 Å². The molecular weight excluding hydrogens is 331 g/mol. The summed E-state index contributed by atoms with van der Waals surface area (Å²) in [7, 11) is 0. The number of ether oxygens (including phenoxy) is 1. The highest BCUT2D eigenvalue weighted by molar-refractivity contribution is 5.62. The molecule has 0 spiro atoms. The molecule has 0 N–H and O–H groups in total. The third-order valence-corrected chi connectivity index (χ3v) is 3.77. The van der Waals surface area contributed by atoms with E-state index in [4.69, 9.17) is 9.26 Å². The Morgan fingerprint density at radius 2 is 1.80 bits per heavy atom. The summed E-state index contributed by atoms with van der Waals surface area (Å²) in [5.41, 5.74) is 2.11. The molecule has 0 aliphatic rings. The van der Waals surface area contributed by atoms with Crippen molar-refractivity contribution in [1.29, 1.82) is 0 Å². The van der Waals surface area contributed by atoms with Crippen LogP contribution in [-0.4, -0.2) is 5.16 Å². The summed E-state index contributed by atoms with van der Waals surface area (Å²) in [5.74, 6) is 1.03. The van der Waals surface area contributed by atoms with Crippen molar-refractivity contribution in [3.63, 3.8) is 0 Å². The lowest BCUT2D eigenvalue weighted by molar-refractivity contribution is -0.137. The molecule has 0 unspecified atom stereocenters. The molecule has 0 fully saturated rings. The Hall–Kier alpha value is -2.76. The van der Waals surface area contributed by atoms with Gasteiger partial charge < -0.3 is 9.26 Å². The number of halogens is 3. The molecule has 0 bridgehead atoms. The van der Waals surface area contributed by atoms with Crippen LogP contribution in [0, 0.1) is 19.9 Å². The van der Waals surface area contributed by atoms with Gasteiger partial charge in [0.15, 0.2) is 5.76 Å². The Labute approximate surface area is 143 Å². The second-order valence-corrected chi connectivity index (χ2v) is 5.65. The van der Waals surface area contributed by atoms with Gasteiger partial charge in [-0.05, 0) is 37.6 Å². The Morgan fingerprint density at radius 3 is 2.44 bits per heavy atom. The van der Waals surface area contributed by atoms with Gasteiger partial charge in [-0.15, -0.1) is 0 Å². The monoisotopic (exact) mass is 346 g/mol. The topological polar surface area (TPSA) is 35.3 Å². The van der Waals surface area contributed by atoms with E-state index < -0.39 is 11.7 Å². The van der Waals surface area contributed by atoms with Gasteiger partial charge in [0.2, 0.25) is 0 Å². The van der Waals surface area contributed by atoms with Gasteiger partial charge in [-0.25, -0.2) is 0 Å². The first kappa shape index (κ1) is 17.1. The van der Waals surface area contributed by atoms with E-state index in [-0.39, 0.29) is 6.61 Å². The molecule has 129 valence electrons. The van der Waals surface area contributed by atoms with E-state index in [0.717, 1.165) is 23.3 Å². The molecule has 25 heavy (non-hydrogen) atoms. The van der Waals surface area contributed by atoms with Crippen molar-refractivity contribution in [3.05, 3.63) is 70.9 Å². The maximum Gasteiger partial charge on any atom is 0.416 e. The molecule has 3 aromatic rings. The van der Waals surface area contributed by atoms with Gasteiger partial charge in [-0.1, -0.05) is 29.4 Å². The third kappa shape index (κ3) is 3.84. The molecule has 0 atom stereocenters. The lowest BCUT2D eigenvalue weighted by Gasteiger charge is -2.07. The minimum absolute atomic E-state index is 0.190. The molecule has 0 saturated heterocycles. The van der Waals surface area contributed by atoms with E-state index in [9.17, 15) is 13.2 Å². The van der Waals surface area contributed by atoms with Gasteiger partial charge in [-0.2, -0.15) is 13.2 Å². The smallest absolute Gasteiger partial charge is 0.416 e. The summed E-state index contributed by atoms with van der Waals surface area (Å²) < 4.78 is 48.9. The van der Waals surface area contributed by atoms with E-state index in [1.165, 1.54) is 12.1 Å². The lowest BCUT2D eigenvalue weighted by Crippen LogP contribution is -2.04. The summed E-state index contributed by atoms with van der Waals surface area (Å²) in [6.45, 7) is 3.90. The summed E-state index contributed by atoms with van der Waals surface area (Å²) in [6.07, 6.45) is -4.36. The van der Waals surface area contributed by atoms with Crippen molar-refractivity contribution in [2.75, 3.05) is 0 Å². The molecule has 2 aromatic carbocycles. The average Bonchev–Trinajstić information content (AvgIpc) is 2.93. The molecule has 3 nitrogen and oxygen atoms in total.